The Balaban J connectivity index is 1.45. The molecule has 9 nitrogen and oxygen atoms in total. The van der Waals surface area contributed by atoms with Crippen molar-refractivity contribution in [3.63, 3.8) is 0 Å². The number of hydrogen-bond donors (Lipinski definition) is 2. The van der Waals surface area contributed by atoms with Crippen LogP contribution in [0.25, 0.3) is 0 Å². The zero-order valence-electron chi connectivity index (χ0n) is 20.2. The molecular weight excluding hydrogens is 464 g/mol. The van der Waals surface area contributed by atoms with Crippen molar-refractivity contribution < 1.29 is 14.3 Å². The number of urea groups is 1. The molecule has 3 aromatic rings. The fourth-order valence-corrected chi connectivity index (χ4v) is 4.65. The molecule has 1 unspecified atom stereocenters. The van der Waals surface area contributed by atoms with Gasteiger partial charge in [0.15, 0.2) is 5.16 Å². The number of ether oxygens (including phenoxy) is 1. The number of nitrogens with one attached hydrogen (secondary N) is 2. The van der Waals surface area contributed by atoms with Crippen molar-refractivity contribution in [1.29, 1.82) is 0 Å². The number of rotatable bonds is 7. The molecule has 0 spiro atoms. The van der Waals surface area contributed by atoms with Crippen LogP contribution in [0.15, 0.2) is 53.7 Å². The van der Waals surface area contributed by atoms with Crippen molar-refractivity contribution in [3.8, 4) is 0 Å². The second kappa shape index (κ2) is 11.4. The molecule has 184 valence electrons. The molecule has 3 amide bonds. The molecule has 0 radical (unpaired) electrons. The Morgan fingerprint density at radius 3 is 2.54 bits per heavy atom. The van der Waals surface area contributed by atoms with Gasteiger partial charge < -0.3 is 15.0 Å². The van der Waals surface area contributed by atoms with Crippen LogP contribution in [0.5, 0.6) is 0 Å². The van der Waals surface area contributed by atoms with Crippen LogP contribution in [0, 0.1) is 13.8 Å². The summed E-state index contributed by atoms with van der Waals surface area (Å²) in [5.41, 5.74) is 3.80. The second-order valence-corrected chi connectivity index (χ2v) is 9.78. The SMILES string of the molecule is Cc1ccc(NC(=O)NC(=O)C(C)Sc2nnc(N3CCOCC3)n2Cc2ccccc2)c(C)c1. The molecule has 1 aliphatic heterocycles. The summed E-state index contributed by atoms with van der Waals surface area (Å²) < 4.78 is 7.50. The van der Waals surface area contributed by atoms with Gasteiger partial charge >= 0.3 is 6.03 Å². The van der Waals surface area contributed by atoms with E-state index >= 15 is 0 Å². The molecule has 1 saturated heterocycles. The van der Waals surface area contributed by atoms with Gasteiger partial charge in [-0.2, -0.15) is 0 Å². The van der Waals surface area contributed by atoms with Gasteiger partial charge in [0, 0.05) is 18.8 Å². The molecule has 1 aromatic heterocycles. The van der Waals surface area contributed by atoms with Crippen LogP contribution in [0.2, 0.25) is 0 Å². The number of aromatic nitrogens is 3. The van der Waals surface area contributed by atoms with Gasteiger partial charge in [0.05, 0.1) is 25.0 Å². The van der Waals surface area contributed by atoms with Crippen molar-refractivity contribution in [2.24, 2.45) is 0 Å². The number of anilines is 2. The Bertz CT molecular complexity index is 1180. The maximum Gasteiger partial charge on any atom is 0.325 e. The first-order chi connectivity index (χ1) is 16.9. The highest BCUT2D eigenvalue weighted by atomic mass is 32.2. The summed E-state index contributed by atoms with van der Waals surface area (Å²) in [5.74, 6) is 0.347. The summed E-state index contributed by atoms with van der Waals surface area (Å²) in [6.45, 7) is 8.95. The molecule has 1 fully saturated rings. The predicted molar refractivity (Wildman–Crippen MR) is 137 cm³/mol. The molecule has 0 aliphatic carbocycles. The van der Waals surface area contributed by atoms with Crippen LogP contribution in [0.4, 0.5) is 16.4 Å². The van der Waals surface area contributed by atoms with E-state index in [0.29, 0.717) is 30.6 Å². The van der Waals surface area contributed by atoms with Gasteiger partial charge in [0.1, 0.15) is 0 Å². The Kier molecular flexibility index (Phi) is 8.04. The normalized spacial score (nSPS) is 14.4. The number of aryl methyl sites for hydroxylation is 2. The monoisotopic (exact) mass is 494 g/mol. The highest BCUT2D eigenvalue weighted by molar-refractivity contribution is 8.00. The van der Waals surface area contributed by atoms with Gasteiger partial charge in [-0.05, 0) is 38.0 Å². The zero-order valence-corrected chi connectivity index (χ0v) is 21.0. The smallest absolute Gasteiger partial charge is 0.325 e. The molecular formula is C25H30N6O3S. The number of imide groups is 1. The maximum absolute atomic E-state index is 12.8. The van der Waals surface area contributed by atoms with Gasteiger partial charge in [-0.25, -0.2) is 4.79 Å². The molecule has 10 heteroatoms. The van der Waals surface area contributed by atoms with E-state index in [0.717, 1.165) is 35.7 Å². The van der Waals surface area contributed by atoms with Crippen molar-refractivity contribution in [2.45, 2.75) is 37.7 Å². The molecule has 2 aromatic carbocycles. The number of carbonyl (C=O) groups is 2. The number of carbonyl (C=O) groups excluding carboxylic acids is 2. The van der Waals surface area contributed by atoms with Gasteiger partial charge in [0.2, 0.25) is 11.9 Å². The third kappa shape index (κ3) is 6.40. The second-order valence-electron chi connectivity index (χ2n) is 8.48. The molecule has 2 heterocycles. The lowest BCUT2D eigenvalue weighted by Crippen LogP contribution is -2.39. The number of amides is 3. The van der Waals surface area contributed by atoms with Crippen LogP contribution in [-0.2, 0) is 16.1 Å². The van der Waals surface area contributed by atoms with E-state index < -0.39 is 17.2 Å². The summed E-state index contributed by atoms with van der Waals surface area (Å²) in [5, 5.41) is 14.1. The third-order valence-corrected chi connectivity index (χ3v) is 6.77. The van der Waals surface area contributed by atoms with Gasteiger partial charge in [-0.15, -0.1) is 10.2 Å². The zero-order chi connectivity index (χ0) is 24.8. The van der Waals surface area contributed by atoms with Crippen molar-refractivity contribution in [3.05, 3.63) is 65.2 Å². The highest BCUT2D eigenvalue weighted by Crippen LogP contribution is 2.27. The largest absolute Gasteiger partial charge is 0.378 e. The van der Waals surface area contributed by atoms with Gasteiger partial charge in [-0.3, -0.25) is 14.7 Å². The topological polar surface area (TPSA) is 101 Å². The lowest BCUT2D eigenvalue weighted by Gasteiger charge is -2.28. The summed E-state index contributed by atoms with van der Waals surface area (Å²) in [7, 11) is 0. The summed E-state index contributed by atoms with van der Waals surface area (Å²) in [6.07, 6.45) is 0. The Hall–Kier alpha value is -3.37. The fraction of sp³-hybridized carbons (Fsp3) is 0.360. The Morgan fingerprint density at radius 1 is 1.09 bits per heavy atom. The number of thioether (sulfide) groups is 1. The summed E-state index contributed by atoms with van der Waals surface area (Å²) >= 11 is 1.28. The third-order valence-electron chi connectivity index (χ3n) is 5.69. The number of nitrogens with zero attached hydrogens (tertiary/aromatic N) is 4. The van der Waals surface area contributed by atoms with E-state index in [-0.39, 0.29) is 0 Å². The van der Waals surface area contributed by atoms with E-state index in [4.69, 9.17) is 4.74 Å². The van der Waals surface area contributed by atoms with E-state index in [1.165, 1.54) is 11.8 Å². The Labute approximate surface area is 209 Å². The molecule has 1 atom stereocenters. The average Bonchev–Trinajstić information content (AvgIpc) is 3.24. The first-order valence-electron chi connectivity index (χ1n) is 11.6. The van der Waals surface area contributed by atoms with Gasteiger partial charge in [-0.1, -0.05) is 59.8 Å². The number of hydrogen-bond acceptors (Lipinski definition) is 7. The molecule has 2 N–H and O–H groups in total. The maximum atomic E-state index is 12.8. The molecule has 4 rings (SSSR count). The lowest BCUT2D eigenvalue weighted by atomic mass is 10.1. The minimum absolute atomic E-state index is 0.403. The minimum Gasteiger partial charge on any atom is -0.378 e. The number of morpholine rings is 1. The van der Waals surface area contributed by atoms with E-state index in [9.17, 15) is 9.59 Å². The van der Waals surface area contributed by atoms with Crippen molar-refractivity contribution >= 4 is 35.3 Å². The molecule has 35 heavy (non-hydrogen) atoms. The first-order valence-corrected chi connectivity index (χ1v) is 12.4. The number of benzene rings is 2. The predicted octanol–water partition coefficient (Wildman–Crippen LogP) is 3.61. The fourth-order valence-electron chi connectivity index (χ4n) is 3.80. The van der Waals surface area contributed by atoms with Crippen LogP contribution in [0.1, 0.15) is 23.6 Å². The van der Waals surface area contributed by atoms with E-state index in [2.05, 4.69) is 25.7 Å². The Morgan fingerprint density at radius 2 is 1.83 bits per heavy atom. The highest BCUT2D eigenvalue weighted by Gasteiger charge is 2.25. The summed E-state index contributed by atoms with van der Waals surface area (Å²) in [6, 6.07) is 15.2. The van der Waals surface area contributed by atoms with Gasteiger partial charge in [0.25, 0.3) is 0 Å². The van der Waals surface area contributed by atoms with Crippen LogP contribution < -0.4 is 15.5 Å². The molecule has 0 saturated carbocycles. The molecule has 1 aliphatic rings. The van der Waals surface area contributed by atoms with Crippen LogP contribution in [-0.4, -0.2) is 58.3 Å². The first kappa shape index (κ1) is 24.7. The van der Waals surface area contributed by atoms with E-state index in [1.807, 2.05) is 66.9 Å². The lowest BCUT2D eigenvalue weighted by molar-refractivity contribution is -0.119. The summed E-state index contributed by atoms with van der Waals surface area (Å²) in [4.78, 5) is 27.4. The standard InChI is InChI=1S/C25H30N6O3S/c1-17-9-10-21(18(2)15-17)26-23(33)27-22(32)19(3)35-25-29-28-24(30-11-13-34-14-12-30)31(25)16-20-7-5-4-6-8-20/h4-10,15,19H,11-14,16H2,1-3H3,(H2,26,27,32,33). The quantitative estimate of drug-likeness (QED) is 0.484. The van der Waals surface area contributed by atoms with E-state index in [1.54, 1.807) is 6.92 Å². The molecule has 0 bridgehead atoms. The average molecular weight is 495 g/mol. The van der Waals surface area contributed by atoms with Crippen molar-refractivity contribution in [2.75, 3.05) is 36.5 Å². The van der Waals surface area contributed by atoms with Crippen LogP contribution >= 0.6 is 11.8 Å². The minimum atomic E-state index is -0.561. The van der Waals surface area contributed by atoms with Crippen LogP contribution in [0.3, 0.4) is 0 Å². The van der Waals surface area contributed by atoms with Crippen molar-refractivity contribution in [1.82, 2.24) is 20.1 Å².